The van der Waals surface area contributed by atoms with Crippen molar-refractivity contribution >= 4 is 26.0 Å². The SMILES string of the molecule is CC(CS(=O)(=O)N1CCC(CBr)C1)c1ccccc1. The molecule has 19 heavy (non-hydrogen) atoms. The van der Waals surface area contributed by atoms with E-state index in [0.717, 1.165) is 17.3 Å². The van der Waals surface area contributed by atoms with E-state index in [0.29, 0.717) is 19.0 Å². The summed E-state index contributed by atoms with van der Waals surface area (Å²) in [5.41, 5.74) is 1.09. The monoisotopic (exact) mass is 345 g/mol. The zero-order chi connectivity index (χ0) is 13.9. The van der Waals surface area contributed by atoms with Crippen LogP contribution in [0, 0.1) is 5.92 Å². The molecule has 1 saturated heterocycles. The minimum atomic E-state index is -3.14. The summed E-state index contributed by atoms with van der Waals surface area (Å²) in [6.45, 7) is 3.31. The molecule has 0 bridgehead atoms. The third kappa shape index (κ3) is 3.80. The highest BCUT2D eigenvalue weighted by molar-refractivity contribution is 9.09. The van der Waals surface area contributed by atoms with Gasteiger partial charge in [-0.3, -0.25) is 0 Å². The molecule has 0 amide bonds. The fourth-order valence-corrected chi connectivity index (χ4v) is 4.86. The Morgan fingerprint density at radius 2 is 2.05 bits per heavy atom. The van der Waals surface area contributed by atoms with Gasteiger partial charge in [0.25, 0.3) is 0 Å². The Kier molecular flexibility index (Phi) is 5.03. The average molecular weight is 346 g/mol. The summed E-state index contributed by atoms with van der Waals surface area (Å²) < 4.78 is 26.4. The lowest BCUT2D eigenvalue weighted by molar-refractivity contribution is 0.463. The molecule has 5 heteroatoms. The molecule has 0 saturated carbocycles. The number of halogens is 1. The Morgan fingerprint density at radius 1 is 1.37 bits per heavy atom. The van der Waals surface area contributed by atoms with Crippen molar-refractivity contribution in [2.45, 2.75) is 19.3 Å². The fraction of sp³-hybridized carbons (Fsp3) is 0.571. The van der Waals surface area contributed by atoms with Crippen LogP contribution in [0.1, 0.15) is 24.8 Å². The molecule has 0 N–H and O–H groups in total. The van der Waals surface area contributed by atoms with Gasteiger partial charge >= 0.3 is 0 Å². The van der Waals surface area contributed by atoms with Gasteiger partial charge in [-0.25, -0.2) is 12.7 Å². The number of sulfonamides is 1. The third-order valence-corrected chi connectivity index (χ3v) is 6.64. The average Bonchev–Trinajstić information content (AvgIpc) is 2.89. The second kappa shape index (κ2) is 6.37. The van der Waals surface area contributed by atoms with Crippen molar-refractivity contribution in [2.75, 3.05) is 24.2 Å². The van der Waals surface area contributed by atoms with Crippen LogP contribution in [0.2, 0.25) is 0 Å². The molecule has 0 spiro atoms. The molecular weight excluding hydrogens is 326 g/mol. The molecule has 0 aromatic heterocycles. The third-order valence-electron chi connectivity index (χ3n) is 3.69. The summed E-state index contributed by atoms with van der Waals surface area (Å²) >= 11 is 3.44. The van der Waals surface area contributed by atoms with E-state index in [1.54, 1.807) is 4.31 Å². The lowest BCUT2D eigenvalue weighted by Gasteiger charge is -2.19. The lowest BCUT2D eigenvalue weighted by atomic mass is 10.0. The summed E-state index contributed by atoms with van der Waals surface area (Å²) in [5.74, 6) is 0.697. The molecule has 2 atom stereocenters. The van der Waals surface area contributed by atoms with Crippen molar-refractivity contribution in [3.05, 3.63) is 35.9 Å². The Labute approximate surface area is 124 Å². The molecule has 1 heterocycles. The Hall–Kier alpha value is -0.390. The van der Waals surface area contributed by atoms with E-state index in [-0.39, 0.29) is 11.7 Å². The minimum absolute atomic E-state index is 0.0363. The summed E-state index contributed by atoms with van der Waals surface area (Å²) in [7, 11) is -3.14. The van der Waals surface area contributed by atoms with Gasteiger partial charge in [0.05, 0.1) is 5.75 Å². The van der Waals surface area contributed by atoms with E-state index in [4.69, 9.17) is 0 Å². The molecule has 0 radical (unpaired) electrons. The highest BCUT2D eigenvalue weighted by Crippen LogP contribution is 2.24. The van der Waals surface area contributed by atoms with Crippen LogP contribution in [0.5, 0.6) is 0 Å². The Balaban J connectivity index is 2.02. The van der Waals surface area contributed by atoms with Crippen molar-refractivity contribution in [2.24, 2.45) is 5.92 Å². The maximum absolute atomic E-state index is 12.4. The van der Waals surface area contributed by atoms with Gasteiger partial charge in [-0.05, 0) is 23.8 Å². The van der Waals surface area contributed by atoms with Crippen molar-refractivity contribution in [1.29, 1.82) is 0 Å². The van der Waals surface area contributed by atoms with E-state index in [1.807, 2.05) is 37.3 Å². The molecule has 1 aromatic rings. The number of alkyl halides is 1. The number of hydrogen-bond donors (Lipinski definition) is 0. The second-order valence-electron chi connectivity index (χ2n) is 5.26. The summed E-state index contributed by atoms with van der Waals surface area (Å²) in [4.78, 5) is 0. The number of benzene rings is 1. The van der Waals surface area contributed by atoms with Gasteiger partial charge in [0.1, 0.15) is 0 Å². The highest BCUT2D eigenvalue weighted by atomic mass is 79.9. The van der Waals surface area contributed by atoms with Crippen molar-refractivity contribution in [3.63, 3.8) is 0 Å². The molecule has 106 valence electrons. The van der Waals surface area contributed by atoms with Crippen molar-refractivity contribution in [3.8, 4) is 0 Å². The van der Waals surface area contributed by atoms with E-state index in [1.165, 1.54) is 0 Å². The van der Waals surface area contributed by atoms with E-state index < -0.39 is 10.0 Å². The van der Waals surface area contributed by atoms with Crippen molar-refractivity contribution < 1.29 is 8.42 Å². The van der Waals surface area contributed by atoms with Gasteiger partial charge in [0.2, 0.25) is 10.0 Å². The zero-order valence-electron chi connectivity index (χ0n) is 11.1. The standard InChI is InChI=1S/C14H20BrNO2S/c1-12(14-5-3-2-4-6-14)11-19(17,18)16-8-7-13(9-15)10-16/h2-6,12-13H,7-11H2,1H3. The lowest BCUT2D eigenvalue weighted by Crippen LogP contribution is -2.32. The van der Waals surface area contributed by atoms with Gasteiger partial charge in [0, 0.05) is 18.4 Å². The first-order valence-electron chi connectivity index (χ1n) is 6.61. The van der Waals surface area contributed by atoms with Gasteiger partial charge in [-0.15, -0.1) is 0 Å². The van der Waals surface area contributed by atoms with E-state index >= 15 is 0 Å². The normalized spacial score (nSPS) is 22.5. The van der Waals surface area contributed by atoms with Crippen LogP contribution in [-0.2, 0) is 10.0 Å². The number of nitrogens with zero attached hydrogens (tertiary/aromatic N) is 1. The van der Waals surface area contributed by atoms with Gasteiger partial charge in [-0.1, -0.05) is 53.2 Å². The van der Waals surface area contributed by atoms with E-state index in [2.05, 4.69) is 15.9 Å². The summed E-state index contributed by atoms with van der Waals surface area (Å²) in [5, 5.41) is 0.882. The van der Waals surface area contributed by atoms with Gasteiger partial charge < -0.3 is 0 Å². The molecule has 2 unspecified atom stereocenters. The molecule has 1 aliphatic rings. The summed E-state index contributed by atoms with van der Waals surface area (Å²) in [6, 6.07) is 9.84. The van der Waals surface area contributed by atoms with Crippen LogP contribution in [0.25, 0.3) is 0 Å². The summed E-state index contributed by atoms with van der Waals surface area (Å²) in [6.07, 6.45) is 0.962. The quantitative estimate of drug-likeness (QED) is 0.769. The molecule has 1 fully saturated rings. The van der Waals surface area contributed by atoms with Crippen LogP contribution in [-0.4, -0.2) is 36.9 Å². The zero-order valence-corrected chi connectivity index (χ0v) is 13.5. The first-order valence-corrected chi connectivity index (χ1v) is 9.34. The highest BCUT2D eigenvalue weighted by Gasteiger charge is 2.31. The topological polar surface area (TPSA) is 37.4 Å². The molecule has 0 aliphatic carbocycles. The Morgan fingerprint density at radius 3 is 2.63 bits per heavy atom. The van der Waals surface area contributed by atoms with Crippen LogP contribution < -0.4 is 0 Å². The predicted octanol–water partition coefficient (Wildman–Crippen LogP) is 2.84. The van der Waals surface area contributed by atoms with E-state index in [9.17, 15) is 8.42 Å². The van der Waals surface area contributed by atoms with Crippen molar-refractivity contribution in [1.82, 2.24) is 4.31 Å². The van der Waals surface area contributed by atoms with Gasteiger partial charge in [0.15, 0.2) is 0 Å². The first kappa shape index (κ1) is 15.0. The minimum Gasteiger partial charge on any atom is -0.212 e. The maximum Gasteiger partial charge on any atom is 0.214 e. The molecule has 3 nitrogen and oxygen atoms in total. The van der Waals surface area contributed by atoms with Crippen LogP contribution in [0.3, 0.4) is 0 Å². The predicted molar refractivity (Wildman–Crippen MR) is 82.1 cm³/mol. The molecular formula is C14H20BrNO2S. The number of hydrogen-bond acceptors (Lipinski definition) is 2. The molecule has 1 aromatic carbocycles. The number of rotatable bonds is 5. The van der Waals surface area contributed by atoms with Crippen LogP contribution in [0.4, 0.5) is 0 Å². The first-order chi connectivity index (χ1) is 9.03. The van der Waals surface area contributed by atoms with Crippen LogP contribution >= 0.6 is 15.9 Å². The largest absolute Gasteiger partial charge is 0.214 e. The molecule has 1 aliphatic heterocycles. The van der Waals surface area contributed by atoms with Crippen LogP contribution in [0.15, 0.2) is 30.3 Å². The molecule has 2 rings (SSSR count). The maximum atomic E-state index is 12.4. The Bertz CT molecular complexity index is 503. The fourth-order valence-electron chi connectivity index (χ4n) is 2.47. The second-order valence-corrected chi connectivity index (χ2v) is 7.92. The smallest absolute Gasteiger partial charge is 0.212 e. The van der Waals surface area contributed by atoms with Gasteiger partial charge in [-0.2, -0.15) is 0 Å².